The molecule has 3 unspecified atom stereocenters. The van der Waals surface area contributed by atoms with Gasteiger partial charge in [-0.25, -0.2) is 4.79 Å². The van der Waals surface area contributed by atoms with Gasteiger partial charge in [-0.05, 0) is 50.5 Å². The van der Waals surface area contributed by atoms with Crippen LogP contribution >= 0.6 is 0 Å². The van der Waals surface area contributed by atoms with Crippen LogP contribution in [0.1, 0.15) is 58.8 Å². The molecule has 0 bridgehead atoms. The van der Waals surface area contributed by atoms with Crippen molar-refractivity contribution in [1.29, 1.82) is 0 Å². The number of hydrogen-bond donors (Lipinski definition) is 1. The first-order chi connectivity index (χ1) is 10.1. The van der Waals surface area contributed by atoms with Crippen LogP contribution in [0.15, 0.2) is 0 Å². The first-order valence-electron chi connectivity index (χ1n) is 8.57. The molecule has 0 radical (unpaired) electrons. The van der Waals surface area contributed by atoms with Crippen LogP contribution in [0.3, 0.4) is 0 Å². The molecule has 122 valence electrons. The third-order valence-corrected chi connectivity index (χ3v) is 4.95. The molecular formula is C17H31NO3. The summed E-state index contributed by atoms with van der Waals surface area (Å²) in [6, 6.07) is 0. The molecule has 2 aliphatic rings. The number of esters is 1. The summed E-state index contributed by atoms with van der Waals surface area (Å²) in [6.45, 7) is 5.70. The Morgan fingerprint density at radius 3 is 2.62 bits per heavy atom. The maximum absolute atomic E-state index is 12.4. The third-order valence-electron chi connectivity index (χ3n) is 4.95. The van der Waals surface area contributed by atoms with Gasteiger partial charge in [-0.1, -0.05) is 26.7 Å². The summed E-state index contributed by atoms with van der Waals surface area (Å²) in [5.74, 6) is 0.959. The summed E-state index contributed by atoms with van der Waals surface area (Å²) in [4.78, 5) is 12.4. The quantitative estimate of drug-likeness (QED) is 0.700. The number of hydrogen-bond acceptors (Lipinski definition) is 4. The van der Waals surface area contributed by atoms with E-state index < -0.39 is 5.54 Å². The lowest BCUT2D eigenvalue weighted by molar-refractivity contribution is -0.154. The van der Waals surface area contributed by atoms with Crippen LogP contribution in [-0.2, 0) is 14.3 Å². The highest BCUT2D eigenvalue weighted by molar-refractivity contribution is 5.82. The Kier molecular flexibility index (Phi) is 6.06. The molecule has 4 heteroatoms. The maximum atomic E-state index is 12.4. The molecule has 1 N–H and O–H groups in total. The van der Waals surface area contributed by atoms with Crippen LogP contribution in [0, 0.1) is 11.8 Å². The van der Waals surface area contributed by atoms with Crippen LogP contribution in [-0.4, -0.2) is 37.9 Å². The smallest absolute Gasteiger partial charge is 0.328 e. The van der Waals surface area contributed by atoms with Crippen molar-refractivity contribution in [3.8, 4) is 0 Å². The van der Waals surface area contributed by atoms with Gasteiger partial charge < -0.3 is 9.47 Å². The fraction of sp³-hybridized carbons (Fsp3) is 0.941. The zero-order valence-corrected chi connectivity index (χ0v) is 13.8. The second-order valence-electron chi connectivity index (χ2n) is 6.87. The number of methoxy groups -OCH3 is 1. The van der Waals surface area contributed by atoms with E-state index in [1.807, 2.05) is 0 Å². The standard InChI is InChI=1S/C17H31NO3/c1-4-10-18-17(14-8-9-14,16(19)20-3)12-21-15-7-5-6-13(2)11-15/h13-15,18H,4-12H2,1-3H3. The third kappa shape index (κ3) is 4.19. The predicted molar refractivity (Wildman–Crippen MR) is 83.1 cm³/mol. The molecule has 0 aromatic carbocycles. The van der Waals surface area contributed by atoms with Gasteiger partial charge >= 0.3 is 5.97 Å². The van der Waals surface area contributed by atoms with Gasteiger partial charge in [0.15, 0.2) is 0 Å². The Bertz CT molecular complexity index is 343. The van der Waals surface area contributed by atoms with Crippen molar-refractivity contribution in [2.75, 3.05) is 20.3 Å². The number of carbonyl (C=O) groups is 1. The molecule has 3 atom stereocenters. The Morgan fingerprint density at radius 2 is 2.05 bits per heavy atom. The molecule has 2 rings (SSSR count). The van der Waals surface area contributed by atoms with Crippen molar-refractivity contribution in [3.05, 3.63) is 0 Å². The Balaban J connectivity index is 1.98. The summed E-state index contributed by atoms with van der Waals surface area (Å²) in [6.07, 6.45) is 8.29. The van der Waals surface area contributed by atoms with Crippen molar-refractivity contribution in [1.82, 2.24) is 5.32 Å². The zero-order chi connectivity index (χ0) is 15.3. The number of rotatable bonds is 8. The van der Waals surface area contributed by atoms with E-state index in [1.165, 1.54) is 20.0 Å². The van der Waals surface area contributed by atoms with Crippen molar-refractivity contribution in [2.24, 2.45) is 11.8 Å². The Morgan fingerprint density at radius 1 is 1.29 bits per heavy atom. The van der Waals surface area contributed by atoms with Crippen molar-refractivity contribution in [2.45, 2.75) is 70.4 Å². The minimum atomic E-state index is -0.620. The lowest BCUT2D eigenvalue weighted by Gasteiger charge is -2.35. The molecule has 0 aliphatic heterocycles. The van der Waals surface area contributed by atoms with Gasteiger partial charge in [0.1, 0.15) is 5.54 Å². The summed E-state index contributed by atoms with van der Waals surface area (Å²) in [7, 11) is 1.48. The van der Waals surface area contributed by atoms with Crippen LogP contribution < -0.4 is 5.32 Å². The molecule has 2 aliphatic carbocycles. The maximum Gasteiger partial charge on any atom is 0.328 e. The van der Waals surface area contributed by atoms with E-state index in [0.717, 1.165) is 44.6 Å². The van der Waals surface area contributed by atoms with Gasteiger partial charge in [0, 0.05) is 0 Å². The predicted octanol–water partition coefficient (Wildman–Crippen LogP) is 2.90. The minimum Gasteiger partial charge on any atom is -0.468 e. The summed E-state index contributed by atoms with van der Waals surface area (Å²) >= 11 is 0. The number of ether oxygens (including phenoxy) is 2. The molecule has 0 saturated heterocycles. The van der Waals surface area contributed by atoms with Gasteiger partial charge in [-0.3, -0.25) is 5.32 Å². The highest BCUT2D eigenvalue weighted by Crippen LogP contribution is 2.41. The first-order valence-corrected chi connectivity index (χ1v) is 8.57. The molecule has 2 saturated carbocycles. The summed E-state index contributed by atoms with van der Waals surface area (Å²) < 4.78 is 11.3. The van der Waals surface area contributed by atoms with E-state index >= 15 is 0 Å². The fourth-order valence-corrected chi connectivity index (χ4v) is 3.50. The van der Waals surface area contributed by atoms with Crippen LogP contribution in [0.4, 0.5) is 0 Å². The van der Waals surface area contributed by atoms with E-state index in [9.17, 15) is 4.79 Å². The Labute approximate surface area is 129 Å². The molecule has 0 heterocycles. The zero-order valence-electron chi connectivity index (χ0n) is 13.8. The average Bonchev–Trinajstić information content (AvgIpc) is 3.32. The molecule has 21 heavy (non-hydrogen) atoms. The number of carbonyl (C=O) groups excluding carboxylic acids is 1. The molecule has 0 aromatic heterocycles. The van der Waals surface area contributed by atoms with Crippen LogP contribution in [0.2, 0.25) is 0 Å². The monoisotopic (exact) mass is 297 g/mol. The van der Waals surface area contributed by atoms with Crippen LogP contribution in [0.25, 0.3) is 0 Å². The van der Waals surface area contributed by atoms with E-state index in [1.54, 1.807) is 0 Å². The minimum absolute atomic E-state index is 0.151. The highest BCUT2D eigenvalue weighted by atomic mass is 16.5. The second kappa shape index (κ2) is 7.59. The SMILES string of the molecule is CCCNC(COC1CCCC(C)C1)(C(=O)OC)C1CC1. The molecule has 0 spiro atoms. The van der Waals surface area contributed by atoms with Gasteiger partial charge in [-0.2, -0.15) is 0 Å². The normalized spacial score (nSPS) is 28.9. The van der Waals surface area contributed by atoms with Gasteiger partial charge in [0.05, 0.1) is 19.8 Å². The molecule has 0 amide bonds. The highest BCUT2D eigenvalue weighted by Gasteiger charge is 2.52. The van der Waals surface area contributed by atoms with E-state index in [4.69, 9.17) is 9.47 Å². The molecule has 4 nitrogen and oxygen atoms in total. The van der Waals surface area contributed by atoms with E-state index in [-0.39, 0.29) is 5.97 Å². The first kappa shape index (κ1) is 16.8. The summed E-state index contributed by atoms with van der Waals surface area (Å²) in [5.41, 5.74) is -0.620. The Hall–Kier alpha value is -0.610. The van der Waals surface area contributed by atoms with E-state index in [0.29, 0.717) is 18.6 Å². The lowest BCUT2D eigenvalue weighted by atomic mass is 9.88. The van der Waals surface area contributed by atoms with Crippen molar-refractivity contribution >= 4 is 5.97 Å². The second-order valence-corrected chi connectivity index (χ2v) is 6.87. The van der Waals surface area contributed by atoms with Gasteiger partial charge in [0.2, 0.25) is 0 Å². The lowest BCUT2D eigenvalue weighted by Crippen LogP contribution is -2.58. The average molecular weight is 297 g/mol. The largest absolute Gasteiger partial charge is 0.468 e. The molecular weight excluding hydrogens is 266 g/mol. The van der Waals surface area contributed by atoms with Gasteiger partial charge in [0.25, 0.3) is 0 Å². The topological polar surface area (TPSA) is 47.6 Å². The van der Waals surface area contributed by atoms with Crippen molar-refractivity contribution in [3.63, 3.8) is 0 Å². The van der Waals surface area contributed by atoms with E-state index in [2.05, 4.69) is 19.2 Å². The van der Waals surface area contributed by atoms with Crippen LogP contribution in [0.5, 0.6) is 0 Å². The van der Waals surface area contributed by atoms with Crippen molar-refractivity contribution < 1.29 is 14.3 Å². The summed E-state index contributed by atoms with van der Waals surface area (Å²) in [5, 5.41) is 3.45. The molecule has 2 fully saturated rings. The fourth-order valence-electron chi connectivity index (χ4n) is 3.50. The van der Waals surface area contributed by atoms with Gasteiger partial charge in [-0.15, -0.1) is 0 Å². The molecule has 0 aromatic rings. The number of nitrogens with one attached hydrogen (secondary N) is 1.